The van der Waals surface area contributed by atoms with E-state index >= 15 is 0 Å². The third kappa shape index (κ3) is 3.06. The molecule has 0 radical (unpaired) electrons. The summed E-state index contributed by atoms with van der Waals surface area (Å²) < 4.78 is 0. The molecule has 0 aliphatic carbocycles. The van der Waals surface area contributed by atoms with Crippen molar-refractivity contribution in [2.75, 3.05) is 19.6 Å². The van der Waals surface area contributed by atoms with Crippen LogP contribution in [0.1, 0.15) is 24.0 Å². The quantitative estimate of drug-likeness (QED) is 0.840. The van der Waals surface area contributed by atoms with Crippen LogP contribution in [-0.2, 0) is 6.42 Å². The summed E-state index contributed by atoms with van der Waals surface area (Å²) in [4.78, 5) is 2.50. The van der Waals surface area contributed by atoms with Gasteiger partial charge in [-0.2, -0.15) is 0 Å². The average Bonchev–Trinajstić information content (AvgIpc) is 2.28. The molecule has 2 nitrogen and oxygen atoms in total. The zero-order valence-corrected chi connectivity index (χ0v) is 10.2. The number of benzene rings is 1. The van der Waals surface area contributed by atoms with Crippen molar-refractivity contribution in [3.8, 4) is 0 Å². The van der Waals surface area contributed by atoms with Crippen molar-refractivity contribution < 1.29 is 0 Å². The minimum absolute atomic E-state index is 0.394. The number of aryl methyl sites for hydroxylation is 1. The fourth-order valence-corrected chi connectivity index (χ4v) is 2.46. The van der Waals surface area contributed by atoms with Crippen molar-refractivity contribution in [2.45, 2.75) is 32.2 Å². The molecule has 16 heavy (non-hydrogen) atoms. The topological polar surface area (TPSA) is 29.3 Å². The third-order valence-corrected chi connectivity index (χ3v) is 3.50. The summed E-state index contributed by atoms with van der Waals surface area (Å²) in [6.45, 7) is 5.64. The molecule has 1 saturated heterocycles. The minimum Gasteiger partial charge on any atom is -0.327 e. The first kappa shape index (κ1) is 11.6. The molecule has 1 aliphatic rings. The zero-order chi connectivity index (χ0) is 11.4. The van der Waals surface area contributed by atoms with Crippen LogP contribution in [0.25, 0.3) is 0 Å². The van der Waals surface area contributed by atoms with E-state index in [1.807, 2.05) is 0 Å². The van der Waals surface area contributed by atoms with E-state index in [1.54, 1.807) is 0 Å². The van der Waals surface area contributed by atoms with E-state index in [9.17, 15) is 0 Å². The van der Waals surface area contributed by atoms with E-state index in [-0.39, 0.29) is 0 Å². The first-order valence-electron chi connectivity index (χ1n) is 6.28. The summed E-state index contributed by atoms with van der Waals surface area (Å²) >= 11 is 0. The van der Waals surface area contributed by atoms with Gasteiger partial charge in [0.05, 0.1) is 0 Å². The van der Waals surface area contributed by atoms with Gasteiger partial charge in [-0.1, -0.05) is 24.3 Å². The molecule has 1 unspecified atom stereocenters. The molecule has 0 spiro atoms. The molecule has 0 aromatic heterocycles. The monoisotopic (exact) mass is 218 g/mol. The molecule has 0 bridgehead atoms. The Morgan fingerprint density at radius 1 is 1.38 bits per heavy atom. The minimum atomic E-state index is 0.394. The number of hydrogen-bond donors (Lipinski definition) is 1. The lowest BCUT2D eigenvalue weighted by atomic mass is 10.0. The Hall–Kier alpha value is -0.860. The van der Waals surface area contributed by atoms with Crippen molar-refractivity contribution in [3.63, 3.8) is 0 Å². The Labute approximate surface area is 98.4 Å². The number of nitrogens with zero attached hydrogens (tertiary/aromatic N) is 1. The Balaban J connectivity index is 1.85. The maximum Gasteiger partial charge on any atom is 0.0168 e. The van der Waals surface area contributed by atoms with E-state index < -0.39 is 0 Å². The highest BCUT2D eigenvalue weighted by molar-refractivity contribution is 5.25. The molecule has 0 saturated carbocycles. The molecule has 2 N–H and O–H groups in total. The number of likely N-dealkylation sites (tertiary alicyclic amines) is 1. The van der Waals surface area contributed by atoms with Gasteiger partial charge in [-0.25, -0.2) is 0 Å². The van der Waals surface area contributed by atoms with Crippen molar-refractivity contribution in [1.29, 1.82) is 0 Å². The number of nitrogens with two attached hydrogens (primary N) is 1. The van der Waals surface area contributed by atoms with Crippen LogP contribution in [0.2, 0.25) is 0 Å². The third-order valence-electron chi connectivity index (χ3n) is 3.50. The number of hydrogen-bond acceptors (Lipinski definition) is 2. The van der Waals surface area contributed by atoms with Gasteiger partial charge in [0.25, 0.3) is 0 Å². The lowest BCUT2D eigenvalue weighted by Gasteiger charge is -2.30. The highest BCUT2D eigenvalue weighted by atomic mass is 15.1. The first-order chi connectivity index (χ1) is 7.75. The van der Waals surface area contributed by atoms with Gasteiger partial charge in [-0.05, 0) is 43.9 Å². The number of piperidine rings is 1. The molecular formula is C14H22N2. The second-order valence-electron chi connectivity index (χ2n) is 4.88. The van der Waals surface area contributed by atoms with Gasteiger partial charge in [0, 0.05) is 19.1 Å². The summed E-state index contributed by atoms with van der Waals surface area (Å²) in [5, 5.41) is 0. The van der Waals surface area contributed by atoms with Crippen molar-refractivity contribution in [2.24, 2.45) is 5.73 Å². The van der Waals surface area contributed by atoms with Crippen molar-refractivity contribution in [1.82, 2.24) is 4.90 Å². The maximum atomic E-state index is 5.98. The van der Waals surface area contributed by atoms with Crippen LogP contribution in [0.5, 0.6) is 0 Å². The molecule has 1 aromatic rings. The van der Waals surface area contributed by atoms with Gasteiger partial charge in [0.15, 0.2) is 0 Å². The SMILES string of the molecule is Cc1ccccc1CCN1CCCC(N)C1. The summed E-state index contributed by atoms with van der Waals surface area (Å²) in [5.74, 6) is 0. The molecule has 2 heteroatoms. The molecule has 88 valence electrons. The van der Waals surface area contributed by atoms with Crippen molar-refractivity contribution in [3.05, 3.63) is 35.4 Å². The van der Waals surface area contributed by atoms with Crippen LogP contribution in [0, 0.1) is 6.92 Å². The van der Waals surface area contributed by atoms with E-state index in [2.05, 4.69) is 36.1 Å². The summed E-state index contributed by atoms with van der Waals surface area (Å²) in [5.41, 5.74) is 8.86. The van der Waals surface area contributed by atoms with Crippen LogP contribution in [-0.4, -0.2) is 30.6 Å². The highest BCUT2D eigenvalue weighted by Crippen LogP contribution is 2.12. The predicted molar refractivity (Wildman–Crippen MR) is 68.5 cm³/mol. The van der Waals surface area contributed by atoms with Gasteiger partial charge in [0.2, 0.25) is 0 Å². The normalized spacial score (nSPS) is 22.2. The fraction of sp³-hybridized carbons (Fsp3) is 0.571. The van der Waals surface area contributed by atoms with Crippen molar-refractivity contribution >= 4 is 0 Å². The molecule has 2 rings (SSSR count). The second-order valence-corrected chi connectivity index (χ2v) is 4.88. The predicted octanol–water partition coefficient (Wildman–Crippen LogP) is 1.96. The van der Waals surface area contributed by atoms with E-state index in [0.29, 0.717) is 6.04 Å². The maximum absolute atomic E-state index is 5.98. The van der Waals surface area contributed by atoms with Crippen LogP contribution >= 0.6 is 0 Å². The fourth-order valence-electron chi connectivity index (χ4n) is 2.46. The van der Waals surface area contributed by atoms with Gasteiger partial charge in [0.1, 0.15) is 0 Å². The smallest absolute Gasteiger partial charge is 0.0168 e. The van der Waals surface area contributed by atoms with Crippen LogP contribution < -0.4 is 5.73 Å². The standard InChI is InChI=1S/C14H22N2/c1-12-5-2-3-6-13(12)8-10-16-9-4-7-14(15)11-16/h2-3,5-6,14H,4,7-11,15H2,1H3. The van der Waals surface area contributed by atoms with E-state index in [1.165, 1.54) is 30.5 Å². The summed E-state index contributed by atoms with van der Waals surface area (Å²) in [6.07, 6.45) is 3.61. The van der Waals surface area contributed by atoms with Gasteiger partial charge < -0.3 is 10.6 Å². The van der Waals surface area contributed by atoms with Crippen LogP contribution in [0.4, 0.5) is 0 Å². The van der Waals surface area contributed by atoms with Gasteiger partial charge in [-0.3, -0.25) is 0 Å². The Morgan fingerprint density at radius 3 is 2.94 bits per heavy atom. The molecule has 1 fully saturated rings. The van der Waals surface area contributed by atoms with Gasteiger partial charge in [-0.15, -0.1) is 0 Å². The van der Waals surface area contributed by atoms with E-state index in [0.717, 1.165) is 19.5 Å². The Morgan fingerprint density at radius 2 is 2.19 bits per heavy atom. The van der Waals surface area contributed by atoms with Gasteiger partial charge >= 0.3 is 0 Å². The number of rotatable bonds is 3. The zero-order valence-electron chi connectivity index (χ0n) is 10.2. The van der Waals surface area contributed by atoms with Crippen LogP contribution in [0.15, 0.2) is 24.3 Å². The molecule has 1 aliphatic heterocycles. The van der Waals surface area contributed by atoms with Crippen LogP contribution in [0.3, 0.4) is 0 Å². The molecule has 1 atom stereocenters. The van der Waals surface area contributed by atoms with E-state index in [4.69, 9.17) is 5.73 Å². The lowest BCUT2D eigenvalue weighted by Crippen LogP contribution is -2.43. The summed E-state index contributed by atoms with van der Waals surface area (Å²) in [6, 6.07) is 9.06. The lowest BCUT2D eigenvalue weighted by molar-refractivity contribution is 0.211. The first-order valence-corrected chi connectivity index (χ1v) is 6.28. The summed E-state index contributed by atoms with van der Waals surface area (Å²) in [7, 11) is 0. The average molecular weight is 218 g/mol. The Kier molecular flexibility index (Phi) is 3.97. The molecular weight excluding hydrogens is 196 g/mol. The largest absolute Gasteiger partial charge is 0.327 e. The molecule has 1 heterocycles. The Bertz CT molecular complexity index is 335. The molecule has 0 amide bonds. The molecule has 1 aromatic carbocycles. The second kappa shape index (κ2) is 5.46. The highest BCUT2D eigenvalue weighted by Gasteiger charge is 2.15.